The summed E-state index contributed by atoms with van der Waals surface area (Å²) >= 11 is 9.11. The van der Waals surface area contributed by atoms with Gasteiger partial charge in [-0.15, -0.1) is 0 Å². The molecule has 0 bridgehead atoms. The summed E-state index contributed by atoms with van der Waals surface area (Å²) in [4.78, 5) is 16.2. The van der Waals surface area contributed by atoms with Gasteiger partial charge >= 0.3 is 5.97 Å². The molecule has 8 heteroatoms. The van der Waals surface area contributed by atoms with Crippen molar-refractivity contribution in [2.75, 3.05) is 0 Å². The van der Waals surface area contributed by atoms with Crippen LogP contribution < -0.4 is 0 Å². The lowest BCUT2D eigenvalue weighted by Gasteiger charge is -2.05. The van der Waals surface area contributed by atoms with E-state index in [0.29, 0.717) is 20.9 Å². The molecule has 0 atom stereocenters. The lowest BCUT2D eigenvalue weighted by Crippen LogP contribution is -2.08. The summed E-state index contributed by atoms with van der Waals surface area (Å²) in [7, 11) is 0. The maximum absolute atomic E-state index is 12.1. The second-order valence-corrected chi connectivity index (χ2v) is 6.09. The second kappa shape index (κ2) is 7.02. The molecule has 0 saturated carbocycles. The number of hydrogen-bond acceptors (Lipinski definition) is 5. The number of aromatic nitrogens is 3. The molecule has 2 heterocycles. The van der Waals surface area contributed by atoms with Crippen LogP contribution >= 0.6 is 27.5 Å². The van der Waals surface area contributed by atoms with Crippen LogP contribution in [-0.4, -0.2) is 25.8 Å². The largest absolute Gasteiger partial charge is 0.504 e. The molecule has 0 aliphatic carbocycles. The van der Waals surface area contributed by atoms with E-state index in [9.17, 15) is 9.90 Å². The molecule has 0 saturated heterocycles. The summed E-state index contributed by atoms with van der Waals surface area (Å²) in [5.41, 5.74) is 1.06. The Balaban J connectivity index is 1.75. The summed E-state index contributed by atoms with van der Waals surface area (Å²) in [6.45, 7) is -0.0752. The first kappa shape index (κ1) is 16.5. The highest BCUT2D eigenvalue weighted by Gasteiger charge is 2.19. The minimum absolute atomic E-state index is 0.0752. The second-order valence-electron chi connectivity index (χ2n) is 4.80. The Hall–Kier alpha value is -2.38. The van der Waals surface area contributed by atoms with Crippen LogP contribution in [0.4, 0.5) is 0 Å². The number of ether oxygens (including phenoxy) is 1. The van der Waals surface area contributed by atoms with Gasteiger partial charge in [-0.2, -0.15) is 5.10 Å². The lowest BCUT2D eigenvalue weighted by molar-refractivity contribution is 0.0456. The molecule has 24 heavy (non-hydrogen) atoms. The van der Waals surface area contributed by atoms with Crippen molar-refractivity contribution >= 4 is 33.5 Å². The lowest BCUT2D eigenvalue weighted by atomic mass is 10.3. The maximum atomic E-state index is 12.1. The van der Waals surface area contributed by atoms with E-state index in [1.54, 1.807) is 18.2 Å². The zero-order chi connectivity index (χ0) is 17.1. The highest BCUT2D eigenvalue weighted by molar-refractivity contribution is 9.10. The van der Waals surface area contributed by atoms with Crippen molar-refractivity contribution in [2.24, 2.45) is 0 Å². The summed E-state index contributed by atoms with van der Waals surface area (Å²) in [6, 6.07) is 10.8. The van der Waals surface area contributed by atoms with Gasteiger partial charge in [0.15, 0.2) is 5.75 Å². The van der Waals surface area contributed by atoms with Gasteiger partial charge in [0, 0.05) is 10.7 Å². The predicted octanol–water partition coefficient (Wildman–Crippen LogP) is 3.75. The minimum atomic E-state index is -0.745. The van der Waals surface area contributed by atoms with E-state index in [4.69, 9.17) is 16.3 Å². The Labute approximate surface area is 150 Å². The third kappa shape index (κ3) is 3.58. The number of esters is 1. The molecule has 1 aromatic carbocycles. The Morgan fingerprint density at radius 2 is 2.08 bits per heavy atom. The first-order valence-corrected chi connectivity index (χ1v) is 8.03. The number of aromatic hydroxyl groups is 1. The molecule has 3 rings (SSSR count). The molecule has 0 radical (unpaired) electrons. The highest BCUT2D eigenvalue weighted by Crippen LogP contribution is 2.22. The average molecular weight is 409 g/mol. The molecule has 6 nitrogen and oxygen atoms in total. The van der Waals surface area contributed by atoms with E-state index in [-0.39, 0.29) is 18.1 Å². The zero-order valence-corrected chi connectivity index (χ0v) is 14.5. The van der Waals surface area contributed by atoms with Crippen molar-refractivity contribution in [3.8, 4) is 11.4 Å². The number of pyridine rings is 1. The molecule has 122 valence electrons. The quantitative estimate of drug-likeness (QED) is 0.665. The number of carbonyl (C=O) groups is 1. The van der Waals surface area contributed by atoms with E-state index >= 15 is 0 Å². The van der Waals surface area contributed by atoms with Crippen LogP contribution in [0.15, 0.2) is 53.3 Å². The van der Waals surface area contributed by atoms with Crippen LogP contribution in [0.3, 0.4) is 0 Å². The van der Waals surface area contributed by atoms with Gasteiger partial charge in [0.25, 0.3) is 0 Å². The highest BCUT2D eigenvalue weighted by atomic mass is 79.9. The van der Waals surface area contributed by atoms with Crippen molar-refractivity contribution in [3.05, 3.63) is 69.7 Å². The van der Waals surface area contributed by atoms with Crippen molar-refractivity contribution < 1.29 is 14.6 Å². The molecule has 0 amide bonds. The van der Waals surface area contributed by atoms with Crippen LogP contribution in [0.5, 0.6) is 5.75 Å². The Bertz CT molecular complexity index is 884. The van der Waals surface area contributed by atoms with Gasteiger partial charge in [-0.25, -0.2) is 9.48 Å². The molecule has 0 aliphatic rings. The Morgan fingerprint density at radius 3 is 2.79 bits per heavy atom. The van der Waals surface area contributed by atoms with Crippen LogP contribution in [0, 0.1) is 0 Å². The monoisotopic (exact) mass is 407 g/mol. The summed E-state index contributed by atoms with van der Waals surface area (Å²) in [6.07, 6.45) is 2.81. The number of rotatable bonds is 4. The van der Waals surface area contributed by atoms with Gasteiger partial charge in [0.05, 0.1) is 22.6 Å². The summed E-state index contributed by atoms with van der Waals surface area (Å²) in [5, 5.41) is 14.5. The topological polar surface area (TPSA) is 77.2 Å². The molecule has 2 aromatic heterocycles. The van der Waals surface area contributed by atoms with Crippen LogP contribution in [0.25, 0.3) is 5.69 Å². The van der Waals surface area contributed by atoms with Crippen molar-refractivity contribution in [1.82, 2.24) is 14.8 Å². The SMILES string of the molecule is O=C(OCc1ncc(Cl)cc1Br)c1nn(-c2ccccc2)cc1O. The number of hydrogen-bond donors (Lipinski definition) is 1. The molecule has 0 unspecified atom stereocenters. The summed E-state index contributed by atoms with van der Waals surface area (Å²) < 4.78 is 7.19. The number of benzene rings is 1. The van der Waals surface area contributed by atoms with Crippen molar-refractivity contribution in [3.63, 3.8) is 0 Å². The summed E-state index contributed by atoms with van der Waals surface area (Å²) in [5.74, 6) is -1.00. The number of carbonyl (C=O) groups excluding carboxylic acids is 1. The molecule has 0 aliphatic heterocycles. The average Bonchev–Trinajstić information content (AvgIpc) is 2.96. The third-order valence-corrected chi connectivity index (χ3v) is 4.03. The standard InChI is InChI=1S/C16H11BrClN3O3/c17-12-6-10(18)7-19-13(12)9-24-16(23)15-14(22)8-21(20-15)11-4-2-1-3-5-11/h1-8,22H,9H2. The van der Waals surface area contributed by atoms with Gasteiger partial charge in [0.1, 0.15) is 6.61 Å². The minimum Gasteiger partial charge on any atom is -0.504 e. The first-order valence-electron chi connectivity index (χ1n) is 6.85. The number of halogens is 2. The van der Waals surface area contributed by atoms with E-state index in [2.05, 4.69) is 26.0 Å². The van der Waals surface area contributed by atoms with E-state index < -0.39 is 5.97 Å². The normalized spacial score (nSPS) is 10.6. The smallest absolute Gasteiger partial charge is 0.363 e. The zero-order valence-electron chi connectivity index (χ0n) is 12.2. The molecule has 1 N–H and O–H groups in total. The van der Waals surface area contributed by atoms with E-state index in [0.717, 1.165) is 0 Å². The van der Waals surface area contributed by atoms with Gasteiger partial charge < -0.3 is 9.84 Å². The van der Waals surface area contributed by atoms with Gasteiger partial charge in [-0.3, -0.25) is 4.98 Å². The first-order chi connectivity index (χ1) is 11.5. The van der Waals surface area contributed by atoms with Gasteiger partial charge in [-0.1, -0.05) is 29.8 Å². The van der Waals surface area contributed by atoms with Gasteiger partial charge in [-0.05, 0) is 34.1 Å². The number of para-hydroxylation sites is 1. The van der Waals surface area contributed by atoms with Crippen molar-refractivity contribution in [2.45, 2.75) is 6.61 Å². The predicted molar refractivity (Wildman–Crippen MR) is 91.3 cm³/mol. The van der Waals surface area contributed by atoms with Crippen LogP contribution in [0.1, 0.15) is 16.2 Å². The fourth-order valence-corrected chi connectivity index (χ4v) is 2.73. The van der Waals surface area contributed by atoms with E-state index in [1.807, 2.05) is 18.2 Å². The fourth-order valence-electron chi connectivity index (χ4n) is 1.97. The van der Waals surface area contributed by atoms with E-state index in [1.165, 1.54) is 17.1 Å². The van der Waals surface area contributed by atoms with Crippen molar-refractivity contribution in [1.29, 1.82) is 0 Å². The van der Waals surface area contributed by atoms with Crippen LogP contribution in [0.2, 0.25) is 5.02 Å². The maximum Gasteiger partial charge on any atom is 0.363 e. The van der Waals surface area contributed by atoms with Crippen LogP contribution in [-0.2, 0) is 11.3 Å². The molecular formula is C16H11BrClN3O3. The Morgan fingerprint density at radius 1 is 1.33 bits per heavy atom. The Kier molecular flexibility index (Phi) is 4.82. The fraction of sp³-hybridized carbons (Fsp3) is 0.0625. The third-order valence-electron chi connectivity index (χ3n) is 3.13. The molecule has 3 aromatic rings. The number of nitrogens with zero attached hydrogens (tertiary/aromatic N) is 3. The molecule has 0 spiro atoms. The molecule has 0 fully saturated rings. The molecular weight excluding hydrogens is 398 g/mol. The van der Waals surface area contributed by atoms with Gasteiger partial charge in [0.2, 0.25) is 5.69 Å².